The number of carbonyl (C=O) groups excluding carboxylic acids is 2. The van der Waals surface area contributed by atoms with Gasteiger partial charge in [-0.3, -0.25) is 9.59 Å². The van der Waals surface area contributed by atoms with Crippen LogP contribution in [-0.4, -0.2) is 40.4 Å². The molecule has 1 aromatic heterocycles. The monoisotopic (exact) mass is 495 g/mol. The lowest BCUT2D eigenvalue weighted by atomic mass is 10.3. The SMILES string of the molecule is COc1ccc(-n2c(=O)n(C(=O)C(Cl)(Cl)Cl)n(C(=O)C(Cl)(Cl)Cl)c2=O)cc1. The van der Waals surface area contributed by atoms with E-state index in [0.29, 0.717) is 10.3 Å². The highest BCUT2D eigenvalue weighted by Crippen LogP contribution is 2.30. The van der Waals surface area contributed by atoms with Crippen molar-refractivity contribution < 1.29 is 14.3 Å². The molecule has 0 aliphatic rings. The zero-order valence-corrected chi connectivity index (χ0v) is 17.5. The molecule has 0 amide bonds. The van der Waals surface area contributed by atoms with Crippen molar-refractivity contribution in [2.75, 3.05) is 7.11 Å². The molecule has 0 fully saturated rings. The van der Waals surface area contributed by atoms with Crippen LogP contribution in [0.2, 0.25) is 0 Å². The van der Waals surface area contributed by atoms with Crippen molar-refractivity contribution >= 4 is 81.4 Å². The largest absolute Gasteiger partial charge is 0.497 e. The van der Waals surface area contributed by atoms with E-state index in [1.807, 2.05) is 0 Å². The van der Waals surface area contributed by atoms with E-state index in [1.54, 1.807) is 0 Å². The fourth-order valence-electron chi connectivity index (χ4n) is 1.99. The Morgan fingerprint density at radius 3 is 1.48 bits per heavy atom. The van der Waals surface area contributed by atoms with Gasteiger partial charge in [-0.15, -0.1) is 0 Å². The third-order valence-corrected chi connectivity index (χ3v) is 4.12. The van der Waals surface area contributed by atoms with Crippen molar-refractivity contribution in [3.63, 3.8) is 0 Å². The first-order valence-corrected chi connectivity index (χ1v) is 8.92. The number of benzene rings is 1. The zero-order valence-electron chi connectivity index (χ0n) is 13.0. The Kier molecular flexibility index (Phi) is 6.31. The van der Waals surface area contributed by atoms with Gasteiger partial charge < -0.3 is 4.74 Å². The minimum absolute atomic E-state index is 0.0101. The average molecular weight is 498 g/mol. The van der Waals surface area contributed by atoms with E-state index < -0.39 is 30.8 Å². The van der Waals surface area contributed by atoms with Crippen LogP contribution in [0.15, 0.2) is 33.9 Å². The summed E-state index contributed by atoms with van der Waals surface area (Å²) >= 11 is 33.0. The minimum atomic E-state index is -2.68. The summed E-state index contributed by atoms with van der Waals surface area (Å²) in [6, 6.07) is 5.48. The molecule has 0 N–H and O–H groups in total. The minimum Gasteiger partial charge on any atom is -0.497 e. The molecule has 1 heterocycles. The van der Waals surface area contributed by atoms with E-state index in [2.05, 4.69) is 0 Å². The highest BCUT2D eigenvalue weighted by molar-refractivity contribution is 6.77. The van der Waals surface area contributed by atoms with Crippen LogP contribution in [0.4, 0.5) is 0 Å². The van der Waals surface area contributed by atoms with Crippen LogP contribution in [0.5, 0.6) is 5.75 Å². The van der Waals surface area contributed by atoms with Gasteiger partial charge in [0, 0.05) is 0 Å². The molecule has 14 heteroatoms. The summed E-state index contributed by atoms with van der Waals surface area (Å²) in [5.74, 6) is -2.63. The Balaban J connectivity index is 2.87. The first-order valence-electron chi connectivity index (χ1n) is 6.65. The summed E-state index contributed by atoms with van der Waals surface area (Å²) in [5, 5.41) is 0. The number of nitrogens with zero attached hydrogens (tertiary/aromatic N) is 3. The van der Waals surface area contributed by atoms with Crippen molar-refractivity contribution in [3.05, 3.63) is 45.2 Å². The van der Waals surface area contributed by atoms with Crippen molar-refractivity contribution in [1.29, 1.82) is 0 Å². The topological polar surface area (TPSA) is 92.3 Å². The van der Waals surface area contributed by atoms with Crippen LogP contribution >= 0.6 is 69.6 Å². The second-order valence-electron chi connectivity index (χ2n) is 4.83. The summed E-state index contributed by atoms with van der Waals surface area (Å²) in [4.78, 5) is 50.0. The summed E-state index contributed by atoms with van der Waals surface area (Å²) < 4.78 is 0.0465. The molecule has 27 heavy (non-hydrogen) atoms. The number of rotatable bonds is 2. The zero-order chi connectivity index (χ0) is 20.7. The third kappa shape index (κ3) is 4.31. The van der Waals surface area contributed by atoms with Gasteiger partial charge in [0.2, 0.25) is 0 Å². The van der Waals surface area contributed by atoms with Crippen LogP contribution in [0.3, 0.4) is 0 Å². The van der Waals surface area contributed by atoms with Gasteiger partial charge in [-0.1, -0.05) is 69.6 Å². The molecule has 0 radical (unpaired) electrons. The van der Waals surface area contributed by atoms with E-state index in [-0.39, 0.29) is 15.1 Å². The Morgan fingerprint density at radius 1 is 0.815 bits per heavy atom. The number of ether oxygens (including phenoxy) is 1. The van der Waals surface area contributed by atoms with Crippen LogP contribution in [-0.2, 0) is 0 Å². The molecule has 0 aliphatic heterocycles. The van der Waals surface area contributed by atoms with Crippen LogP contribution in [0.25, 0.3) is 5.69 Å². The predicted molar refractivity (Wildman–Crippen MR) is 103 cm³/mol. The second kappa shape index (κ2) is 7.69. The smallest absolute Gasteiger partial charge is 0.359 e. The maximum atomic E-state index is 12.7. The average Bonchev–Trinajstić information content (AvgIpc) is 2.82. The van der Waals surface area contributed by atoms with E-state index in [4.69, 9.17) is 74.3 Å². The Bertz CT molecular complexity index is 952. The molecular weight excluding hydrogens is 491 g/mol. The molecule has 8 nitrogen and oxygen atoms in total. The second-order valence-corrected chi connectivity index (χ2v) is 9.39. The molecular formula is C13H7Cl6N3O5. The van der Waals surface area contributed by atoms with Gasteiger partial charge in [-0.05, 0) is 24.3 Å². The first kappa shape index (κ1) is 22.1. The number of halogens is 6. The number of alkyl halides is 6. The molecule has 0 aliphatic carbocycles. The molecule has 0 atom stereocenters. The number of hydrogen-bond donors (Lipinski definition) is 0. The highest BCUT2D eigenvalue weighted by Gasteiger charge is 2.42. The standard InChI is InChI=1S/C13H7Cl6N3O5/c1-27-7-4-2-6(3-5-7)20-10(25)21(8(23)12(14,15)16)22(11(20)26)9(24)13(17,18)19/h2-5H,1H3. The molecule has 146 valence electrons. The lowest BCUT2D eigenvalue weighted by Crippen LogP contribution is -2.44. The number of methoxy groups -OCH3 is 1. The Hall–Kier alpha value is -1.16. The van der Waals surface area contributed by atoms with Gasteiger partial charge in [0.25, 0.3) is 7.59 Å². The first-order chi connectivity index (χ1) is 12.3. The maximum absolute atomic E-state index is 12.7. The number of aromatic nitrogens is 3. The summed E-state index contributed by atoms with van der Waals surface area (Å²) in [6.45, 7) is 0. The van der Waals surface area contributed by atoms with E-state index >= 15 is 0 Å². The molecule has 0 saturated heterocycles. The number of hydrogen-bond acceptors (Lipinski definition) is 5. The fraction of sp³-hybridized carbons (Fsp3) is 0.231. The van der Waals surface area contributed by atoms with Gasteiger partial charge in [0.1, 0.15) is 5.75 Å². The Morgan fingerprint density at radius 2 is 1.19 bits per heavy atom. The molecule has 1 aromatic carbocycles. The predicted octanol–water partition coefficient (Wildman–Crippen LogP) is 2.83. The van der Waals surface area contributed by atoms with Crippen LogP contribution in [0.1, 0.15) is 9.59 Å². The molecule has 0 bridgehead atoms. The van der Waals surface area contributed by atoms with Gasteiger partial charge in [-0.25, -0.2) is 14.2 Å². The lowest BCUT2D eigenvalue weighted by Gasteiger charge is -2.14. The summed E-state index contributed by atoms with van der Waals surface area (Å²) in [7, 11) is 1.41. The van der Waals surface area contributed by atoms with Crippen molar-refractivity contribution in [2.24, 2.45) is 0 Å². The van der Waals surface area contributed by atoms with E-state index in [9.17, 15) is 19.2 Å². The van der Waals surface area contributed by atoms with E-state index in [0.717, 1.165) is 0 Å². The maximum Gasteiger partial charge on any atom is 0.359 e. The van der Waals surface area contributed by atoms with Crippen molar-refractivity contribution in [3.8, 4) is 11.4 Å². The quantitative estimate of drug-likeness (QED) is 0.595. The van der Waals surface area contributed by atoms with Gasteiger partial charge >= 0.3 is 23.2 Å². The fourth-order valence-corrected chi connectivity index (χ4v) is 2.47. The molecule has 2 rings (SSSR count). The summed E-state index contributed by atoms with van der Waals surface area (Å²) in [6.07, 6.45) is 0. The molecule has 0 unspecified atom stereocenters. The lowest BCUT2D eigenvalue weighted by molar-refractivity contribution is 0.0793. The number of carbonyl (C=O) groups is 2. The van der Waals surface area contributed by atoms with Crippen LogP contribution < -0.4 is 16.1 Å². The van der Waals surface area contributed by atoms with E-state index in [1.165, 1.54) is 31.4 Å². The van der Waals surface area contributed by atoms with Gasteiger partial charge in [-0.2, -0.15) is 9.36 Å². The van der Waals surface area contributed by atoms with Crippen molar-refractivity contribution in [2.45, 2.75) is 7.59 Å². The molecule has 0 spiro atoms. The van der Waals surface area contributed by atoms with Crippen molar-refractivity contribution in [1.82, 2.24) is 13.9 Å². The normalized spacial score (nSPS) is 12.1. The van der Waals surface area contributed by atoms with Gasteiger partial charge in [0.15, 0.2) is 0 Å². The Labute approximate surface area is 180 Å². The van der Waals surface area contributed by atoms with Crippen LogP contribution in [0, 0.1) is 0 Å². The third-order valence-electron chi connectivity index (χ3n) is 3.15. The highest BCUT2D eigenvalue weighted by atomic mass is 35.6. The molecule has 2 aromatic rings. The molecule has 0 saturated carbocycles. The summed E-state index contributed by atoms with van der Waals surface area (Å²) in [5.41, 5.74) is -2.65. The van der Waals surface area contributed by atoms with Gasteiger partial charge in [0.05, 0.1) is 12.8 Å².